The van der Waals surface area contributed by atoms with Gasteiger partial charge in [0.25, 0.3) is 0 Å². The maximum atomic E-state index is 10.3. The van der Waals surface area contributed by atoms with Gasteiger partial charge < -0.3 is 15.3 Å². The monoisotopic (exact) mass is 429 g/mol. The van der Waals surface area contributed by atoms with E-state index in [4.69, 9.17) is 0 Å². The number of rotatable bonds is 7. The smallest absolute Gasteiger partial charge is 0.191 e. The first-order chi connectivity index (χ1) is 14.6. The molecule has 2 aromatic heterocycles. The summed E-state index contributed by atoms with van der Waals surface area (Å²) >= 11 is 1.49. The van der Waals surface area contributed by atoms with Crippen molar-refractivity contribution in [3.8, 4) is 0 Å². The van der Waals surface area contributed by atoms with Crippen molar-refractivity contribution in [2.24, 2.45) is 5.10 Å². The Bertz CT molecular complexity index is 1030. The average Bonchev–Trinajstić information content (AvgIpc) is 3.29. The lowest BCUT2D eigenvalue weighted by Gasteiger charge is -2.16. The fraction of sp³-hybridized carbons (Fsp3) is 0.421. The van der Waals surface area contributed by atoms with Crippen molar-refractivity contribution < 1.29 is 15.3 Å². The van der Waals surface area contributed by atoms with Crippen LogP contribution in [0.2, 0.25) is 0 Å². The van der Waals surface area contributed by atoms with E-state index in [-0.39, 0.29) is 6.42 Å². The molecule has 4 atom stereocenters. The van der Waals surface area contributed by atoms with Crippen molar-refractivity contribution in [2.75, 3.05) is 11.2 Å². The number of thioether (sulfide) groups is 1. The molecule has 0 bridgehead atoms. The molecule has 4 N–H and O–H groups in total. The molecule has 0 spiro atoms. The van der Waals surface area contributed by atoms with Crippen molar-refractivity contribution in [1.82, 2.24) is 25.0 Å². The largest absolute Gasteiger partial charge is 0.390 e. The van der Waals surface area contributed by atoms with Crippen LogP contribution in [0.1, 0.15) is 31.4 Å². The summed E-state index contributed by atoms with van der Waals surface area (Å²) in [6.07, 6.45) is -0.662. The molecule has 11 heteroatoms. The van der Waals surface area contributed by atoms with Gasteiger partial charge >= 0.3 is 0 Å². The van der Waals surface area contributed by atoms with Crippen LogP contribution in [0.15, 0.2) is 40.6 Å². The third-order valence-corrected chi connectivity index (χ3v) is 5.91. The van der Waals surface area contributed by atoms with Crippen LogP contribution in [0.5, 0.6) is 0 Å². The van der Waals surface area contributed by atoms with Crippen LogP contribution in [0.25, 0.3) is 11.2 Å². The summed E-state index contributed by atoms with van der Waals surface area (Å²) in [5, 5.41) is 43.2. The molecule has 1 aromatic carbocycles. The minimum absolute atomic E-state index is 0.150. The van der Waals surface area contributed by atoms with Gasteiger partial charge in [0.05, 0.1) is 18.4 Å². The van der Waals surface area contributed by atoms with Crippen molar-refractivity contribution in [1.29, 1.82) is 0 Å². The number of aliphatic hydroxyl groups is 3. The molecule has 1 fully saturated rings. The highest BCUT2D eigenvalue weighted by molar-refractivity contribution is 7.99. The topological polar surface area (TPSA) is 142 Å². The van der Waals surface area contributed by atoms with E-state index in [0.29, 0.717) is 22.1 Å². The predicted octanol–water partition coefficient (Wildman–Crippen LogP) is 1.20. The number of aromatic nitrogens is 5. The molecule has 1 aliphatic rings. The second-order valence-corrected chi connectivity index (χ2v) is 8.10. The van der Waals surface area contributed by atoms with Crippen molar-refractivity contribution in [2.45, 2.75) is 49.3 Å². The fourth-order valence-corrected chi connectivity index (χ4v) is 4.00. The molecule has 158 valence electrons. The first kappa shape index (κ1) is 20.7. The zero-order valence-electron chi connectivity index (χ0n) is 16.3. The van der Waals surface area contributed by atoms with Gasteiger partial charge in [-0.05, 0) is 12.0 Å². The third-order valence-electron chi connectivity index (χ3n) is 4.86. The van der Waals surface area contributed by atoms with Gasteiger partial charge in [0.2, 0.25) is 0 Å². The number of anilines is 1. The van der Waals surface area contributed by atoms with E-state index in [0.717, 1.165) is 17.7 Å². The first-order valence-corrected chi connectivity index (χ1v) is 10.7. The molecule has 1 aliphatic carbocycles. The maximum Gasteiger partial charge on any atom is 0.191 e. The fourth-order valence-electron chi connectivity index (χ4n) is 3.30. The Morgan fingerprint density at radius 1 is 1.20 bits per heavy atom. The number of fused-ring (bicyclic) bond motifs is 1. The molecule has 10 nitrogen and oxygen atoms in total. The van der Waals surface area contributed by atoms with Gasteiger partial charge in [0.15, 0.2) is 22.1 Å². The van der Waals surface area contributed by atoms with Crippen LogP contribution in [0.3, 0.4) is 0 Å². The molecule has 4 rings (SSSR count). The zero-order valence-corrected chi connectivity index (χ0v) is 17.1. The molecule has 0 aliphatic heterocycles. The van der Waals surface area contributed by atoms with E-state index in [1.807, 2.05) is 30.3 Å². The molecule has 0 unspecified atom stereocenters. The quantitative estimate of drug-likeness (QED) is 0.189. The van der Waals surface area contributed by atoms with Crippen LogP contribution in [0, 0.1) is 0 Å². The normalized spacial score (nSPS) is 24.1. The van der Waals surface area contributed by atoms with E-state index < -0.39 is 24.4 Å². The number of benzene rings is 1. The first-order valence-electron chi connectivity index (χ1n) is 9.72. The van der Waals surface area contributed by atoms with E-state index in [1.54, 1.807) is 6.21 Å². The summed E-state index contributed by atoms with van der Waals surface area (Å²) in [6, 6.07) is 8.99. The Balaban J connectivity index is 1.69. The minimum Gasteiger partial charge on any atom is -0.390 e. The summed E-state index contributed by atoms with van der Waals surface area (Å²) in [5.41, 5.74) is 4.64. The summed E-state index contributed by atoms with van der Waals surface area (Å²) < 4.78 is 1.45. The molecule has 0 radical (unpaired) electrons. The number of aliphatic hydroxyl groups excluding tert-OH is 3. The Labute approximate surface area is 177 Å². The van der Waals surface area contributed by atoms with Crippen LogP contribution >= 0.6 is 11.8 Å². The number of hydrogen-bond acceptors (Lipinski definition) is 10. The molecule has 0 amide bonds. The van der Waals surface area contributed by atoms with E-state index >= 15 is 0 Å². The van der Waals surface area contributed by atoms with Crippen molar-refractivity contribution in [3.05, 3.63) is 35.9 Å². The maximum absolute atomic E-state index is 10.3. The summed E-state index contributed by atoms with van der Waals surface area (Å²) in [4.78, 5) is 9.06. The zero-order chi connectivity index (χ0) is 21.1. The molecular weight excluding hydrogens is 406 g/mol. The van der Waals surface area contributed by atoms with E-state index in [1.165, 1.54) is 16.4 Å². The molecule has 1 saturated carbocycles. The van der Waals surface area contributed by atoms with Crippen LogP contribution in [0.4, 0.5) is 5.82 Å². The van der Waals surface area contributed by atoms with Crippen molar-refractivity contribution in [3.63, 3.8) is 0 Å². The second kappa shape index (κ2) is 9.04. The highest BCUT2D eigenvalue weighted by Crippen LogP contribution is 2.33. The molecule has 30 heavy (non-hydrogen) atoms. The molecular formula is C19H23N7O3S. The lowest BCUT2D eigenvalue weighted by atomic mass is 10.2. The third kappa shape index (κ3) is 4.15. The summed E-state index contributed by atoms with van der Waals surface area (Å²) in [7, 11) is 0. The Hall–Kier alpha value is -2.60. The average molecular weight is 430 g/mol. The highest BCUT2D eigenvalue weighted by Gasteiger charge is 2.43. The number of nitrogens with one attached hydrogen (secondary N) is 1. The van der Waals surface area contributed by atoms with E-state index in [2.05, 4.69) is 37.7 Å². The number of hydrogen-bond donors (Lipinski definition) is 4. The number of nitrogens with zero attached hydrogens (tertiary/aromatic N) is 6. The molecule has 2 heterocycles. The Morgan fingerprint density at radius 2 is 2.00 bits per heavy atom. The lowest BCUT2D eigenvalue weighted by molar-refractivity contribution is -0.0253. The van der Waals surface area contributed by atoms with E-state index in [9.17, 15) is 15.3 Å². The minimum atomic E-state index is -1.24. The molecule has 3 aromatic rings. The standard InChI is InChI=1S/C19H23N7O3S/c1-2-8-30-19-21-17(24-20-10-11-6-4-3-5-7-11)14-18(22-19)26(25-23-14)12-9-13(27)16(29)15(12)28/h3-7,10,12-13,15-16,27-29H,2,8-9H2,1H3,(H,21,22,24)/b20-10+/t12-,13+,15+,16-/m1/s1. The second-order valence-electron chi connectivity index (χ2n) is 7.04. The van der Waals surface area contributed by atoms with Gasteiger partial charge in [-0.2, -0.15) is 5.10 Å². The van der Waals surface area contributed by atoms with Gasteiger partial charge in [0, 0.05) is 12.2 Å². The summed E-state index contributed by atoms with van der Waals surface area (Å²) in [6.45, 7) is 2.07. The van der Waals surface area contributed by atoms with Gasteiger partial charge in [-0.15, -0.1) is 5.10 Å². The Kier molecular flexibility index (Phi) is 6.23. The van der Waals surface area contributed by atoms with Crippen LogP contribution in [-0.4, -0.2) is 70.6 Å². The molecule has 0 saturated heterocycles. The van der Waals surface area contributed by atoms with Gasteiger partial charge in [-0.1, -0.05) is 54.2 Å². The van der Waals surface area contributed by atoms with Gasteiger partial charge in [0.1, 0.15) is 12.2 Å². The SMILES string of the molecule is CCCSc1nc(N/N=C/c2ccccc2)c2nnn([C@@H]3C[C@H](O)[C@@H](O)[C@H]3O)c2n1. The van der Waals surface area contributed by atoms with Crippen LogP contribution < -0.4 is 5.43 Å². The van der Waals surface area contributed by atoms with Crippen molar-refractivity contribution >= 4 is 35.0 Å². The predicted molar refractivity (Wildman–Crippen MR) is 113 cm³/mol. The number of hydrazone groups is 1. The van der Waals surface area contributed by atoms with Gasteiger partial charge in [-0.25, -0.2) is 14.6 Å². The highest BCUT2D eigenvalue weighted by atomic mass is 32.2. The summed E-state index contributed by atoms with van der Waals surface area (Å²) in [5.74, 6) is 1.23. The Morgan fingerprint density at radius 3 is 2.70 bits per heavy atom. The van der Waals surface area contributed by atoms with Gasteiger partial charge in [-0.3, -0.25) is 5.43 Å². The lowest BCUT2D eigenvalue weighted by Crippen LogP contribution is -2.31. The van der Waals surface area contributed by atoms with Crippen LogP contribution in [-0.2, 0) is 0 Å².